The summed E-state index contributed by atoms with van der Waals surface area (Å²) in [5, 5.41) is 8.91. The number of nitrogens with two attached hydrogens (primary N) is 1. The number of nitrogen functional groups attached to an aromatic ring is 1. The van der Waals surface area contributed by atoms with Gasteiger partial charge in [0, 0.05) is 6.20 Å². The van der Waals surface area contributed by atoms with Gasteiger partial charge in [-0.2, -0.15) is 5.26 Å². The maximum absolute atomic E-state index is 8.91. The zero-order valence-corrected chi connectivity index (χ0v) is 9.28. The third kappa shape index (κ3) is 1.55. The fourth-order valence-electron chi connectivity index (χ4n) is 1.74. The van der Waals surface area contributed by atoms with E-state index in [0.717, 1.165) is 11.3 Å². The molecule has 0 aliphatic carbocycles. The first kappa shape index (κ1) is 10.2. The number of hydrogen-bond donors (Lipinski definition) is 1. The van der Waals surface area contributed by atoms with E-state index in [-0.39, 0.29) is 0 Å². The van der Waals surface area contributed by atoms with Gasteiger partial charge in [-0.15, -0.1) is 0 Å². The molecule has 0 saturated carbocycles. The van der Waals surface area contributed by atoms with Gasteiger partial charge in [0.05, 0.1) is 29.8 Å². The van der Waals surface area contributed by atoms with Gasteiger partial charge >= 0.3 is 0 Å². The fraction of sp³-hybridized carbons (Fsp3) is 0. The Morgan fingerprint density at radius 2 is 2.11 bits per heavy atom. The Balaban J connectivity index is 2.27. The molecule has 0 radical (unpaired) electrons. The first-order chi connectivity index (χ1) is 8.78. The summed E-state index contributed by atoms with van der Waals surface area (Å²) in [5.74, 6) is 0.346. The number of hydrogen-bond acceptors (Lipinski definition) is 5. The Morgan fingerprint density at radius 1 is 1.22 bits per heavy atom. The van der Waals surface area contributed by atoms with Crippen LogP contribution in [0.25, 0.3) is 17.0 Å². The SMILES string of the molecule is N#Cc1ccc2ncc(-c3cncc(N)n3)n2c1. The van der Waals surface area contributed by atoms with E-state index in [1.165, 1.54) is 6.20 Å². The monoisotopic (exact) mass is 236 g/mol. The van der Waals surface area contributed by atoms with Crippen molar-refractivity contribution in [1.82, 2.24) is 19.4 Å². The van der Waals surface area contributed by atoms with Gasteiger partial charge in [-0.05, 0) is 12.1 Å². The average molecular weight is 236 g/mol. The number of imidazole rings is 1. The summed E-state index contributed by atoms with van der Waals surface area (Å²) in [7, 11) is 0. The molecule has 3 aromatic heterocycles. The summed E-state index contributed by atoms with van der Waals surface area (Å²) in [6.45, 7) is 0. The number of fused-ring (bicyclic) bond motifs is 1. The lowest BCUT2D eigenvalue weighted by Crippen LogP contribution is -1.96. The highest BCUT2D eigenvalue weighted by Crippen LogP contribution is 2.19. The van der Waals surface area contributed by atoms with Crippen molar-refractivity contribution in [2.45, 2.75) is 0 Å². The Kier molecular flexibility index (Phi) is 2.17. The summed E-state index contributed by atoms with van der Waals surface area (Å²) in [6.07, 6.45) is 6.48. The van der Waals surface area contributed by atoms with Gasteiger partial charge in [0.25, 0.3) is 0 Å². The molecule has 3 rings (SSSR count). The molecule has 6 nitrogen and oxygen atoms in total. The van der Waals surface area contributed by atoms with Crippen molar-refractivity contribution in [2.24, 2.45) is 0 Å². The normalized spacial score (nSPS) is 10.4. The van der Waals surface area contributed by atoms with E-state index in [2.05, 4.69) is 21.0 Å². The molecular formula is C12H8N6. The van der Waals surface area contributed by atoms with Gasteiger partial charge in [-0.3, -0.25) is 9.38 Å². The molecule has 0 atom stereocenters. The standard InChI is InChI=1S/C12H8N6/c13-3-8-1-2-12-16-5-10(18(12)7-8)9-4-15-6-11(14)17-9/h1-2,4-7H,(H2,14,17). The lowest BCUT2D eigenvalue weighted by Gasteiger charge is -2.01. The maximum atomic E-state index is 8.91. The van der Waals surface area contributed by atoms with E-state index in [1.54, 1.807) is 35.1 Å². The number of anilines is 1. The van der Waals surface area contributed by atoms with Crippen molar-refractivity contribution in [3.05, 3.63) is 42.5 Å². The van der Waals surface area contributed by atoms with E-state index < -0.39 is 0 Å². The highest BCUT2D eigenvalue weighted by atomic mass is 15.0. The van der Waals surface area contributed by atoms with Gasteiger partial charge in [-0.25, -0.2) is 9.97 Å². The van der Waals surface area contributed by atoms with Crippen molar-refractivity contribution in [3.8, 4) is 17.5 Å². The highest BCUT2D eigenvalue weighted by Gasteiger charge is 2.08. The predicted octanol–water partition coefficient (Wildman–Crippen LogP) is 1.25. The van der Waals surface area contributed by atoms with Gasteiger partial charge in [0.2, 0.25) is 0 Å². The molecule has 3 aromatic rings. The number of nitriles is 1. The Hall–Kier alpha value is -2.94. The van der Waals surface area contributed by atoms with Gasteiger partial charge in [-0.1, -0.05) is 0 Å². The smallest absolute Gasteiger partial charge is 0.142 e. The summed E-state index contributed by atoms with van der Waals surface area (Å²) in [5.41, 5.74) is 8.28. The molecule has 86 valence electrons. The van der Waals surface area contributed by atoms with Crippen LogP contribution in [0.3, 0.4) is 0 Å². The van der Waals surface area contributed by atoms with Crippen molar-refractivity contribution in [1.29, 1.82) is 5.26 Å². The quantitative estimate of drug-likeness (QED) is 0.686. The first-order valence-corrected chi connectivity index (χ1v) is 5.23. The second kappa shape index (κ2) is 3.82. The predicted molar refractivity (Wildman–Crippen MR) is 65.3 cm³/mol. The third-order valence-corrected chi connectivity index (χ3v) is 2.55. The summed E-state index contributed by atoms with van der Waals surface area (Å²) in [6, 6.07) is 5.59. The van der Waals surface area contributed by atoms with Crippen LogP contribution in [-0.2, 0) is 0 Å². The molecule has 0 aliphatic heterocycles. The van der Waals surface area contributed by atoms with Crippen LogP contribution in [0.15, 0.2) is 36.9 Å². The molecule has 0 bridgehead atoms. The van der Waals surface area contributed by atoms with Crippen LogP contribution in [0.2, 0.25) is 0 Å². The lowest BCUT2D eigenvalue weighted by molar-refractivity contribution is 1.14. The van der Waals surface area contributed by atoms with E-state index in [1.807, 2.05) is 0 Å². The number of pyridine rings is 1. The zero-order chi connectivity index (χ0) is 12.5. The number of aromatic nitrogens is 4. The highest BCUT2D eigenvalue weighted by molar-refractivity contribution is 5.61. The van der Waals surface area contributed by atoms with E-state index in [4.69, 9.17) is 11.0 Å². The zero-order valence-electron chi connectivity index (χ0n) is 9.28. The van der Waals surface area contributed by atoms with E-state index in [9.17, 15) is 0 Å². The maximum Gasteiger partial charge on any atom is 0.142 e. The number of nitrogens with zero attached hydrogens (tertiary/aromatic N) is 5. The van der Waals surface area contributed by atoms with Crippen molar-refractivity contribution < 1.29 is 0 Å². The van der Waals surface area contributed by atoms with Gasteiger partial charge in [0.1, 0.15) is 23.2 Å². The number of rotatable bonds is 1. The van der Waals surface area contributed by atoms with Crippen molar-refractivity contribution in [3.63, 3.8) is 0 Å². The average Bonchev–Trinajstić information content (AvgIpc) is 2.81. The van der Waals surface area contributed by atoms with Crippen LogP contribution in [0.4, 0.5) is 5.82 Å². The van der Waals surface area contributed by atoms with Gasteiger partial charge in [0.15, 0.2) is 0 Å². The minimum Gasteiger partial charge on any atom is -0.382 e. The van der Waals surface area contributed by atoms with E-state index >= 15 is 0 Å². The van der Waals surface area contributed by atoms with Crippen LogP contribution in [-0.4, -0.2) is 19.4 Å². The molecule has 0 unspecified atom stereocenters. The molecular weight excluding hydrogens is 228 g/mol. The van der Waals surface area contributed by atoms with Crippen LogP contribution < -0.4 is 5.73 Å². The largest absolute Gasteiger partial charge is 0.382 e. The summed E-state index contributed by atoms with van der Waals surface area (Å²) < 4.78 is 1.79. The van der Waals surface area contributed by atoms with Crippen molar-refractivity contribution in [2.75, 3.05) is 5.73 Å². The first-order valence-electron chi connectivity index (χ1n) is 5.23. The fourth-order valence-corrected chi connectivity index (χ4v) is 1.74. The molecule has 0 amide bonds. The Morgan fingerprint density at radius 3 is 2.89 bits per heavy atom. The second-order valence-electron chi connectivity index (χ2n) is 3.73. The molecule has 18 heavy (non-hydrogen) atoms. The summed E-state index contributed by atoms with van der Waals surface area (Å²) in [4.78, 5) is 12.4. The molecule has 0 aliphatic rings. The lowest BCUT2D eigenvalue weighted by atomic mass is 10.3. The molecule has 0 saturated heterocycles. The molecule has 2 N–H and O–H groups in total. The molecule has 0 aromatic carbocycles. The topological polar surface area (TPSA) is 92.9 Å². The third-order valence-electron chi connectivity index (χ3n) is 2.55. The molecule has 3 heterocycles. The van der Waals surface area contributed by atoms with E-state index in [0.29, 0.717) is 17.1 Å². The molecule has 0 fully saturated rings. The van der Waals surface area contributed by atoms with Crippen LogP contribution in [0.5, 0.6) is 0 Å². The van der Waals surface area contributed by atoms with Crippen LogP contribution in [0, 0.1) is 11.3 Å². The van der Waals surface area contributed by atoms with Gasteiger partial charge < -0.3 is 5.73 Å². The Labute approximate surface area is 102 Å². The summed E-state index contributed by atoms with van der Waals surface area (Å²) >= 11 is 0. The minimum absolute atomic E-state index is 0.346. The second-order valence-corrected chi connectivity index (χ2v) is 3.73. The minimum atomic E-state index is 0.346. The van der Waals surface area contributed by atoms with Crippen molar-refractivity contribution >= 4 is 11.5 Å². The molecule has 0 spiro atoms. The van der Waals surface area contributed by atoms with Crippen LogP contribution >= 0.6 is 0 Å². The van der Waals surface area contributed by atoms with Crippen LogP contribution in [0.1, 0.15) is 5.56 Å². The molecule has 6 heteroatoms. The Bertz CT molecular complexity index is 768.